The van der Waals surface area contributed by atoms with Gasteiger partial charge in [0.05, 0.1) is 23.3 Å². The van der Waals surface area contributed by atoms with Crippen LogP contribution in [0, 0.1) is 11.8 Å². The number of nitrogens with zero attached hydrogens (tertiary/aromatic N) is 1. The molecule has 1 aliphatic heterocycles. The standard InChI is InChI=1S/C17H15BrClNO4/c18-10-5-6-14(13(19)9-10)24-15(21)7-8-20-16(22)11-3-1-2-4-12(11)17(20)23/h1-2,5-6,9,11-12H,3-4,7-8H2/t11-,12-/m0/s1. The van der Waals surface area contributed by atoms with Gasteiger partial charge < -0.3 is 4.74 Å². The van der Waals surface area contributed by atoms with Crippen molar-refractivity contribution in [2.75, 3.05) is 6.54 Å². The Kier molecular flexibility index (Phi) is 5.06. The number of fused-ring (bicyclic) bond motifs is 1. The molecule has 7 heteroatoms. The zero-order valence-corrected chi connectivity index (χ0v) is 15.0. The first-order chi connectivity index (χ1) is 11.5. The molecule has 0 unspecified atom stereocenters. The van der Waals surface area contributed by atoms with E-state index in [9.17, 15) is 14.4 Å². The summed E-state index contributed by atoms with van der Waals surface area (Å²) >= 11 is 9.27. The molecule has 126 valence electrons. The number of benzene rings is 1. The molecule has 0 aromatic heterocycles. The van der Waals surface area contributed by atoms with Gasteiger partial charge in [0, 0.05) is 11.0 Å². The van der Waals surface area contributed by atoms with Crippen LogP contribution in [0.25, 0.3) is 0 Å². The number of rotatable bonds is 4. The molecule has 0 bridgehead atoms. The smallest absolute Gasteiger partial charge is 0.313 e. The first-order valence-corrected chi connectivity index (χ1v) is 8.80. The van der Waals surface area contributed by atoms with Crippen LogP contribution in [0.4, 0.5) is 0 Å². The van der Waals surface area contributed by atoms with Gasteiger partial charge in [-0.3, -0.25) is 19.3 Å². The van der Waals surface area contributed by atoms with Gasteiger partial charge in [-0.2, -0.15) is 0 Å². The molecule has 0 radical (unpaired) electrons. The summed E-state index contributed by atoms with van der Waals surface area (Å²) in [7, 11) is 0. The van der Waals surface area contributed by atoms with Crippen LogP contribution >= 0.6 is 27.5 Å². The van der Waals surface area contributed by atoms with Crippen molar-refractivity contribution >= 4 is 45.3 Å². The highest BCUT2D eigenvalue weighted by molar-refractivity contribution is 9.10. The Labute approximate surface area is 152 Å². The second-order valence-corrected chi connectivity index (χ2v) is 7.11. The maximum absolute atomic E-state index is 12.3. The van der Waals surface area contributed by atoms with Gasteiger partial charge in [0.1, 0.15) is 5.75 Å². The molecule has 24 heavy (non-hydrogen) atoms. The summed E-state index contributed by atoms with van der Waals surface area (Å²) in [6.45, 7) is 0.0393. The lowest BCUT2D eigenvalue weighted by Crippen LogP contribution is -2.33. The van der Waals surface area contributed by atoms with Crippen molar-refractivity contribution in [3.8, 4) is 5.75 Å². The van der Waals surface area contributed by atoms with Crippen LogP contribution in [0.3, 0.4) is 0 Å². The number of hydrogen-bond donors (Lipinski definition) is 0. The van der Waals surface area contributed by atoms with Crippen molar-refractivity contribution in [1.82, 2.24) is 4.90 Å². The van der Waals surface area contributed by atoms with E-state index in [1.165, 1.54) is 4.90 Å². The molecule has 2 atom stereocenters. The molecule has 1 aromatic rings. The van der Waals surface area contributed by atoms with Crippen LogP contribution in [0.15, 0.2) is 34.8 Å². The normalized spacial score (nSPS) is 22.7. The molecule has 0 spiro atoms. The summed E-state index contributed by atoms with van der Waals surface area (Å²) in [5, 5.41) is 0.308. The van der Waals surface area contributed by atoms with Crippen molar-refractivity contribution in [3.05, 3.63) is 39.8 Å². The molecule has 2 aliphatic rings. The maximum atomic E-state index is 12.3. The van der Waals surface area contributed by atoms with Crippen molar-refractivity contribution in [2.24, 2.45) is 11.8 Å². The fourth-order valence-corrected chi connectivity index (χ4v) is 3.74. The Balaban J connectivity index is 1.58. The minimum Gasteiger partial charge on any atom is -0.425 e. The molecule has 2 amide bonds. The Morgan fingerprint density at radius 1 is 1.21 bits per heavy atom. The van der Waals surface area contributed by atoms with Gasteiger partial charge in [-0.05, 0) is 31.0 Å². The number of allylic oxidation sites excluding steroid dienone is 2. The molecule has 0 N–H and O–H groups in total. The predicted octanol–water partition coefficient (Wildman–Crippen LogP) is 3.35. The van der Waals surface area contributed by atoms with Gasteiger partial charge in [-0.15, -0.1) is 0 Å². The summed E-state index contributed by atoms with van der Waals surface area (Å²) in [5.41, 5.74) is 0. The number of imide groups is 1. The number of carbonyl (C=O) groups excluding carboxylic acids is 3. The van der Waals surface area contributed by atoms with E-state index >= 15 is 0 Å². The van der Waals surface area contributed by atoms with Crippen molar-refractivity contribution in [3.63, 3.8) is 0 Å². The third kappa shape index (κ3) is 3.39. The Hall–Kier alpha value is -1.66. The van der Waals surface area contributed by atoms with E-state index in [1.54, 1.807) is 18.2 Å². The average Bonchev–Trinajstić information content (AvgIpc) is 2.80. The zero-order chi connectivity index (χ0) is 17.3. The molecule has 5 nitrogen and oxygen atoms in total. The number of carbonyl (C=O) groups is 3. The summed E-state index contributed by atoms with van der Waals surface area (Å²) in [4.78, 5) is 37.8. The lowest BCUT2D eigenvalue weighted by molar-refractivity contribution is -0.141. The molecule has 0 saturated carbocycles. The van der Waals surface area contributed by atoms with Gasteiger partial charge in [-0.25, -0.2) is 0 Å². The Morgan fingerprint density at radius 3 is 2.42 bits per heavy atom. The minimum absolute atomic E-state index is 0.0393. The monoisotopic (exact) mass is 411 g/mol. The van der Waals surface area contributed by atoms with Crippen LogP contribution in [0.1, 0.15) is 19.3 Å². The van der Waals surface area contributed by atoms with E-state index in [4.69, 9.17) is 16.3 Å². The molecule has 1 aliphatic carbocycles. The van der Waals surface area contributed by atoms with Crippen LogP contribution in [0.5, 0.6) is 5.75 Å². The van der Waals surface area contributed by atoms with Gasteiger partial charge in [-0.1, -0.05) is 39.7 Å². The molecule has 1 fully saturated rings. The lowest BCUT2D eigenvalue weighted by atomic mass is 9.85. The van der Waals surface area contributed by atoms with E-state index in [-0.39, 0.29) is 42.4 Å². The minimum atomic E-state index is -0.534. The number of esters is 1. The van der Waals surface area contributed by atoms with Gasteiger partial charge >= 0.3 is 5.97 Å². The highest BCUT2D eigenvalue weighted by Gasteiger charge is 2.46. The van der Waals surface area contributed by atoms with Crippen LogP contribution in [-0.4, -0.2) is 29.2 Å². The number of likely N-dealkylation sites (tertiary alicyclic amines) is 1. The molecule has 1 heterocycles. The third-order valence-corrected chi connectivity index (χ3v) is 5.04. The van der Waals surface area contributed by atoms with E-state index in [0.717, 1.165) is 4.47 Å². The third-order valence-electron chi connectivity index (χ3n) is 4.26. The van der Waals surface area contributed by atoms with Crippen LogP contribution in [0.2, 0.25) is 5.02 Å². The number of amides is 2. The molecular weight excluding hydrogens is 398 g/mol. The van der Waals surface area contributed by atoms with Gasteiger partial charge in [0.2, 0.25) is 11.8 Å². The first kappa shape index (κ1) is 17.2. The van der Waals surface area contributed by atoms with Gasteiger partial charge in [0.25, 0.3) is 0 Å². The summed E-state index contributed by atoms with van der Waals surface area (Å²) in [6, 6.07) is 4.91. The molecule has 1 aromatic carbocycles. The summed E-state index contributed by atoms with van der Waals surface area (Å²) in [6.07, 6.45) is 4.98. The maximum Gasteiger partial charge on any atom is 0.313 e. The van der Waals surface area contributed by atoms with Crippen molar-refractivity contribution in [1.29, 1.82) is 0 Å². The van der Waals surface area contributed by atoms with Crippen LogP contribution in [-0.2, 0) is 14.4 Å². The average molecular weight is 413 g/mol. The Morgan fingerprint density at radius 2 is 1.83 bits per heavy atom. The van der Waals surface area contributed by atoms with E-state index < -0.39 is 5.97 Å². The van der Waals surface area contributed by atoms with Crippen molar-refractivity contribution < 1.29 is 19.1 Å². The predicted molar refractivity (Wildman–Crippen MR) is 91.5 cm³/mol. The summed E-state index contributed by atoms with van der Waals surface area (Å²) in [5.74, 6) is -1.22. The summed E-state index contributed by atoms with van der Waals surface area (Å²) < 4.78 is 5.97. The topological polar surface area (TPSA) is 63.7 Å². The molecular formula is C17H15BrClNO4. The quantitative estimate of drug-likeness (QED) is 0.329. The second kappa shape index (κ2) is 7.07. The van der Waals surface area contributed by atoms with E-state index in [2.05, 4.69) is 15.9 Å². The van der Waals surface area contributed by atoms with Gasteiger partial charge in [0.15, 0.2) is 0 Å². The highest BCUT2D eigenvalue weighted by atomic mass is 79.9. The molecule has 1 saturated heterocycles. The SMILES string of the molecule is O=C(CCN1C(=O)[C@H]2CC=CC[C@@H]2C1=O)Oc1ccc(Br)cc1Cl. The van der Waals surface area contributed by atoms with E-state index in [1.807, 2.05) is 12.2 Å². The second-order valence-electron chi connectivity index (χ2n) is 5.78. The number of hydrogen-bond acceptors (Lipinski definition) is 4. The fraction of sp³-hybridized carbons (Fsp3) is 0.353. The fourth-order valence-electron chi connectivity index (χ4n) is 3.02. The number of halogens is 2. The lowest BCUT2D eigenvalue weighted by Gasteiger charge is -2.14. The largest absolute Gasteiger partial charge is 0.425 e. The Bertz CT molecular complexity index is 707. The highest BCUT2D eigenvalue weighted by Crippen LogP contribution is 2.35. The van der Waals surface area contributed by atoms with Crippen molar-refractivity contribution in [2.45, 2.75) is 19.3 Å². The van der Waals surface area contributed by atoms with Crippen LogP contribution < -0.4 is 4.74 Å². The number of ether oxygens (including phenoxy) is 1. The van der Waals surface area contributed by atoms with E-state index in [0.29, 0.717) is 17.9 Å². The first-order valence-electron chi connectivity index (χ1n) is 7.63. The molecule has 3 rings (SSSR count). The zero-order valence-electron chi connectivity index (χ0n) is 12.7.